The summed E-state index contributed by atoms with van der Waals surface area (Å²) in [6.07, 6.45) is 4.54. The quantitative estimate of drug-likeness (QED) is 0.836. The zero-order valence-corrected chi connectivity index (χ0v) is 14.7. The van der Waals surface area contributed by atoms with Crippen molar-refractivity contribution < 1.29 is 9.32 Å². The van der Waals surface area contributed by atoms with Gasteiger partial charge < -0.3 is 15.6 Å². The first-order valence-corrected chi connectivity index (χ1v) is 8.99. The van der Waals surface area contributed by atoms with Gasteiger partial charge in [0.05, 0.1) is 8.66 Å². The summed E-state index contributed by atoms with van der Waals surface area (Å²) in [4.78, 5) is 13.5. The van der Waals surface area contributed by atoms with E-state index in [9.17, 15) is 4.79 Å². The SMILES string of the molecule is CC1CCCCC1NC(=O)c1c(-c2ccc(Br)s2)noc1N. The lowest BCUT2D eigenvalue weighted by molar-refractivity contribution is 0.0911. The lowest BCUT2D eigenvalue weighted by atomic mass is 9.86. The number of anilines is 1. The Labute approximate surface area is 141 Å². The van der Waals surface area contributed by atoms with E-state index < -0.39 is 0 Å². The van der Waals surface area contributed by atoms with E-state index in [1.165, 1.54) is 17.8 Å². The minimum absolute atomic E-state index is 0.0699. The highest BCUT2D eigenvalue weighted by Crippen LogP contribution is 2.35. The van der Waals surface area contributed by atoms with Crippen molar-refractivity contribution in [1.29, 1.82) is 0 Å². The summed E-state index contributed by atoms with van der Waals surface area (Å²) in [5.41, 5.74) is 6.68. The zero-order chi connectivity index (χ0) is 15.7. The molecule has 0 aromatic carbocycles. The zero-order valence-electron chi connectivity index (χ0n) is 12.3. The lowest BCUT2D eigenvalue weighted by Crippen LogP contribution is -2.41. The van der Waals surface area contributed by atoms with E-state index >= 15 is 0 Å². The summed E-state index contributed by atoms with van der Waals surface area (Å²) in [6, 6.07) is 4.00. The second-order valence-corrected chi connectivity index (χ2v) is 8.18. The Hall–Kier alpha value is -1.34. The lowest BCUT2D eigenvalue weighted by Gasteiger charge is -2.29. The normalized spacial score (nSPS) is 21.7. The molecule has 0 spiro atoms. The Balaban J connectivity index is 1.84. The van der Waals surface area contributed by atoms with E-state index in [1.54, 1.807) is 0 Å². The molecule has 3 rings (SSSR count). The van der Waals surface area contributed by atoms with Crippen molar-refractivity contribution >= 4 is 39.1 Å². The van der Waals surface area contributed by atoms with Crippen LogP contribution >= 0.6 is 27.3 Å². The smallest absolute Gasteiger partial charge is 0.259 e. The molecule has 3 N–H and O–H groups in total. The van der Waals surface area contributed by atoms with Crippen LogP contribution in [-0.4, -0.2) is 17.1 Å². The van der Waals surface area contributed by atoms with Crippen LogP contribution in [0.1, 0.15) is 43.0 Å². The van der Waals surface area contributed by atoms with E-state index in [2.05, 4.69) is 33.3 Å². The fourth-order valence-corrected chi connectivity index (χ4v) is 4.28. The first kappa shape index (κ1) is 15.6. The van der Waals surface area contributed by atoms with Gasteiger partial charge in [0.2, 0.25) is 5.88 Å². The molecule has 0 bridgehead atoms. The van der Waals surface area contributed by atoms with Crippen molar-refractivity contribution in [2.75, 3.05) is 5.73 Å². The van der Waals surface area contributed by atoms with Gasteiger partial charge >= 0.3 is 0 Å². The van der Waals surface area contributed by atoms with Gasteiger partial charge in [-0.05, 0) is 46.8 Å². The van der Waals surface area contributed by atoms with Crippen molar-refractivity contribution in [2.45, 2.75) is 38.6 Å². The molecule has 1 saturated carbocycles. The molecule has 0 aliphatic heterocycles. The Morgan fingerprint density at radius 3 is 2.91 bits per heavy atom. The van der Waals surface area contributed by atoms with Gasteiger partial charge in [-0.2, -0.15) is 0 Å². The van der Waals surface area contributed by atoms with E-state index in [-0.39, 0.29) is 17.8 Å². The van der Waals surface area contributed by atoms with Crippen LogP contribution in [0.5, 0.6) is 0 Å². The van der Waals surface area contributed by atoms with Crippen LogP contribution < -0.4 is 11.1 Å². The van der Waals surface area contributed by atoms with Gasteiger partial charge in [0.15, 0.2) is 0 Å². The van der Waals surface area contributed by atoms with Crippen molar-refractivity contribution in [3.8, 4) is 10.6 Å². The highest BCUT2D eigenvalue weighted by molar-refractivity contribution is 9.11. The Bertz CT molecular complexity index is 682. The van der Waals surface area contributed by atoms with E-state index in [4.69, 9.17) is 10.3 Å². The van der Waals surface area contributed by atoms with Crippen LogP contribution in [0.25, 0.3) is 10.6 Å². The third-order valence-corrected chi connectivity index (χ3v) is 5.81. The molecular formula is C15H18BrN3O2S. The van der Waals surface area contributed by atoms with Gasteiger partial charge in [0.1, 0.15) is 11.3 Å². The molecule has 2 unspecified atom stereocenters. The minimum Gasteiger partial charge on any atom is -0.367 e. The molecule has 7 heteroatoms. The number of rotatable bonds is 3. The largest absolute Gasteiger partial charge is 0.367 e. The standard InChI is InChI=1S/C15H18BrN3O2S/c1-8-4-2-3-5-9(8)18-15(20)12-13(19-21-14(12)17)10-6-7-11(16)22-10/h6-9H,2-5,17H2,1H3,(H,18,20). The molecule has 2 aromatic rings. The Morgan fingerprint density at radius 2 is 2.23 bits per heavy atom. The summed E-state index contributed by atoms with van der Waals surface area (Å²) in [5.74, 6) is 0.357. The molecule has 5 nitrogen and oxygen atoms in total. The molecule has 2 aromatic heterocycles. The van der Waals surface area contributed by atoms with Gasteiger partial charge in [-0.15, -0.1) is 11.3 Å². The third-order valence-electron chi connectivity index (χ3n) is 4.18. The highest BCUT2D eigenvalue weighted by Gasteiger charge is 2.28. The molecule has 1 aliphatic carbocycles. The third kappa shape index (κ3) is 3.05. The van der Waals surface area contributed by atoms with Crippen LogP contribution in [0.4, 0.5) is 5.88 Å². The Kier molecular flexibility index (Phi) is 4.54. The molecule has 1 fully saturated rings. The second kappa shape index (κ2) is 6.42. The number of nitrogens with one attached hydrogen (secondary N) is 1. The van der Waals surface area contributed by atoms with Crippen LogP contribution in [0.15, 0.2) is 20.4 Å². The number of carbonyl (C=O) groups excluding carboxylic acids is 1. The number of thiophene rings is 1. The number of nitrogens with two attached hydrogens (primary N) is 1. The predicted octanol–water partition coefficient (Wildman–Crippen LogP) is 4.06. The number of amides is 1. The molecule has 1 aliphatic rings. The molecule has 2 heterocycles. The van der Waals surface area contributed by atoms with Crippen LogP contribution in [0.2, 0.25) is 0 Å². The van der Waals surface area contributed by atoms with Gasteiger partial charge in [-0.3, -0.25) is 4.79 Å². The maximum atomic E-state index is 12.6. The molecule has 118 valence electrons. The molecule has 22 heavy (non-hydrogen) atoms. The molecule has 1 amide bonds. The van der Waals surface area contributed by atoms with Crippen molar-refractivity contribution in [2.24, 2.45) is 5.92 Å². The van der Waals surface area contributed by atoms with E-state index in [0.29, 0.717) is 17.2 Å². The second-order valence-electron chi connectivity index (χ2n) is 5.72. The number of hydrogen-bond donors (Lipinski definition) is 2. The van der Waals surface area contributed by atoms with E-state index in [0.717, 1.165) is 27.9 Å². The first-order valence-electron chi connectivity index (χ1n) is 7.38. The summed E-state index contributed by atoms with van der Waals surface area (Å²) in [7, 11) is 0. The van der Waals surface area contributed by atoms with Gasteiger partial charge in [-0.1, -0.05) is 24.9 Å². The molecule has 0 radical (unpaired) electrons. The van der Waals surface area contributed by atoms with Gasteiger partial charge in [0, 0.05) is 6.04 Å². The van der Waals surface area contributed by atoms with Gasteiger partial charge in [-0.25, -0.2) is 0 Å². The number of nitrogens with zero attached hydrogens (tertiary/aromatic N) is 1. The van der Waals surface area contributed by atoms with Crippen molar-refractivity contribution in [1.82, 2.24) is 10.5 Å². The topological polar surface area (TPSA) is 81.2 Å². The number of carbonyl (C=O) groups is 1. The average molecular weight is 384 g/mol. The average Bonchev–Trinajstić information content (AvgIpc) is 3.07. The molecule has 0 saturated heterocycles. The molecular weight excluding hydrogens is 366 g/mol. The fraction of sp³-hybridized carbons (Fsp3) is 0.467. The van der Waals surface area contributed by atoms with Crippen LogP contribution in [0, 0.1) is 5.92 Å². The summed E-state index contributed by atoms with van der Waals surface area (Å²) < 4.78 is 6.02. The fourth-order valence-electron chi connectivity index (χ4n) is 2.90. The van der Waals surface area contributed by atoms with Crippen molar-refractivity contribution in [3.05, 3.63) is 21.5 Å². The summed E-state index contributed by atoms with van der Waals surface area (Å²) in [6.45, 7) is 2.18. The maximum Gasteiger partial charge on any atom is 0.259 e. The number of hydrogen-bond acceptors (Lipinski definition) is 5. The maximum absolute atomic E-state index is 12.6. The van der Waals surface area contributed by atoms with Crippen LogP contribution in [0.3, 0.4) is 0 Å². The molecule has 2 atom stereocenters. The minimum atomic E-state index is -0.197. The Morgan fingerprint density at radius 1 is 1.45 bits per heavy atom. The highest BCUT2D eigenvalue weighted by atomic mass is 79.9. The number of halogens is 1. The first-order chi connectivity index (χ1) is 10.6. The van der Waals surface area contributed by atoms with Crippen LogP contribution in [-0.2, 0) is 0 Å². The summed E-state index contributed by atoms with van der Waals surface area (Å²) >= 11 is 4.90. The predicted molar refractivity (Wildman–Crippen MR) is 90.8 cm³/mol. The van der Waals surface area contributed by atoms with Gasteiger partial charge in [0.25, 0.3) is 5.91 Å². The number of aromatic nitrogens is 1. The van der Waals surface area contributed by atoms with Crippen molar-refractivity contribution in [3.63, 3.8) is 0 Å². The number of nitrogen functional groups attached to an aromatic ring is 1. The monoisotopic (exact) mass is 383 g/mol. The van der Waals surface area contributed by atoms with E-state index in [1.807, 2.05) is 12.1 Å². The summed E-state index contributed by atoms with van der Waals surface area (Å²) in [5, 5.41) is 7.06.